The summed E-state index contributed by atoms with van der Waals surface area (Å²) in [6.45, 7) is 4.54. The van der Waals surface area contributed by atoms with Crippen LogP contribution in [0.1, 0.15) is 36.1 Å². The third-order valence-corrected chi connectivity index (χ3v) is 3.48. The minimum atomic E-state index is 0.247. The van der Waals surface area contributed by atoms with E-state index in [1.165, 1.54) is 16.7 Å². The molecule has 2 aromatic carbocycles. The molecule has 0 aliphatic rings. The molecule has 0 heterocycles. The quantitative estimate of drug-likeness (QED) is 0.827. The molecule has 0 fully saturated rings. The van der Waals surface area contributed by atoms with Crippen molar-refractivity contribution in [1.82, 2.24) is 0 Å². The van der Waals surface area contributed by atoms with Crippen LogP contribution in [0.15, 0.2) is 48.5 Å². The number of hydrogen-bond donors (Lipinski definition) is 2. The Bertz CT molecular complexity index is 551. The summed E-state index contributed by atoms with van der Waals surface area (Å²) in [7, 11) is 0. The Hall–Kier alpha value is -1.80. The maximum atomic E-state index is 8.90. The summed E-state index contributed by atoms with van der Waals surface area (Å²) in [5.74, 6) is 0. The van der Waals surface area contributed by atoms with E-state index in [9.17, 15) is 0 Å². The third-order valence-electron chi connectivity index (χ3n) is 3.48. The summed E-state index contributed by atoms with van der Waals surface area (Å²) < 4.78 is 0. The summed E-state index contributed by atoms with van der Waals surface area (Å²) in [5, 5.41) is 12.4. The van der Waals surface area contributed by atoms with Gasteiger partial charge in [0.2, 0.25) is 0 Å². The Morgan fingerprint density at radius 3 is 2.65 bits per heavy atom. The number of hydrogen-bond acceptors (Lipinski definition) is 2. The third kappa shape index (κ3) is 4.10. The first kappa shape index (κ1) is 14.6. The van der Waals surface area contributed by atoms with Crippen molar-refractivity contribution in [2.45, 2.75) is 32.7 Å². The van der Waals surface area contributed by atoms with Gasteiger partial charge in [-0.2, -0.15) is 0 Å². The van der Waals surface area contributed by atoms with E-state index in [-0.39, 0.29) is 12.6 Å². The summed E-state index contributed by atoms with van der Waals surface area (Å²) >= 11 is 0. The average Bonchev–Trinajstić information content (AvgIpc) is 2.45. The standard InChI is InChI=1S/C18H23NO/c1-14-6-3-9-17(12-14)15(2)19-18-10-4-7-16(13-18)8-5-11-20/h3-4,6-7,9-10,12-13,15,19-20H,5,8,11H2,1-2H3. The summed E-state index contributed by atoms with van der Waals surface area (Å²) in [5.41, 5.74) is 4.98. The summed E-state index contributed by atoms with van der Waals surface area (Å²) in [6, 6.07) is 17.3. The smallest absolute Gasteiger partial charge is 0.0485 e. The van der Waals surface area contributed by atoms with Gasteiger partial charge in [0.1, 0.15) is 0 Å². The highest BCUT2D eigenvalue weighted by Crippen LogP contribution is 2.21. The van der Waals surface area contributed by atoms with Crippen molar-refractivity contribution >= 4 is 5.69 Å². The maximum absolute atomic E-state index is 8.90. The zero-order valence-electron chi connectivity index (χ0n) is 12.3. The molecule has 2 N–H and O–H groups in total. The molecule has 0 amide bonds. The van der Waals surface area contributed by atoms with Crippen LogP contribution in [0.5, 0.6) is 0 Å². The number of aliphatic hydroxyl groups excluding tert-OH is 1. The number of benzene rings is 2. The van der Waals surface area contributed by atoms with Gasteiger partial charge in [0, 0.05) is 18.3 Å². The molecule has 0 aromatic heterocycles. The van der Waals surface area contributed by atoms with E-state index in [1.807, 2.05) is 0 Å². The molecule has 1 atom stereocenters. The van der Waals surface area contributed by atoms with Crippen LogP contribution in [0.25, 0.3) is 0 Å². The van der Waals surface area contributed by atoms with Crippen molar-refractivity contribution in [2.75, 3.05) is 11.9 Å². The second kappa shape index (κ2) is 7.11. The van der Waals surface area contributed by atoms with E-state index in [0.717, 1.165) is 18.5 Å². The van der Waals surface area contributed by atoms with Gasteiger partial charge in [-0.25, -0.2) is 0 Å². The van der Waals surface area contributed by atoms with Gasteiger partial charge in [-0.15, -0.1) is 0 Å². The van der Waals surface area contributed by atoms with Crippen LogP contribution in [-0.2, 0) is 6.42 Å². The Labute approximate surface area is 121 Å². The van der Waals surface area contributed by atoms with Crippen LogP contribution in [0.3, 0.4) is 0 Å². The van der Waals surface area contributed by atoms with Crippen LogP contribution < -0.4 is 5.32 Å². The molecule has 0 radical (unpaired) electrons. The SMILES string of the molecule is Cc1cccc(C(C)Nc2cccc(CCCO)c2)c1. The molecule has 2 heteroatoms. The highest BCUT2D eigenvalue weighted by atomic mass is 16.2. The van der Waals surface area contributed by atoms with Gasteiger partial charge in [0.05, 0.1) is 0 Å². The van der Waals surface area contributed by atoms with E-state index < -0.39 is 0 Å². The van der Waals surface area contributed by atoms with Crippen molar-refractivity contribution < 1.29 is 5.11 Å². The largest absolute Gasteiger partial charge is 0.396 e. The fourth-order valence-corrected chi connectivity index (χ4v) is 2.37. The molecule has 1 unspecified atom stereocenters. The lowest BCUT2D eigenvalue weighted by Gasteiger charge is -2.17. The molecule has 2 nitrogen and oxygen atoms in total. The lowest BCUT2D eigenvalue weighted by molar-refractivity contribution is 0.288. The van der Waals surface area contributed by atoms with Gasteiger partial charge >= 0.3 is 0 Å². The second-order valence-corrected chi connectivity index (χ2v) is 5.31. The predicted molar refractivity (Wildman–Crippen MR) is 85.1 cm³/mol. The molecular formula is C18H23NO. The monoisotopic (exact) mass is 269 g/mol. The topological polar surface area (TPSA) is 32.3 Å². The van der Waals surface area contributed by atoms with Crippen LogP contribution in [-0.4, -0.2) is 11.7 Å². The minimum Gasteiger partial charge on any atom is -0.396 e. The van der Waals surface area contributed by atoms with Gasteiger partial charge in [-0.05, 0) is 49.9 Å². The molecule has 0 bridgehead atoms. The van der Waals surface area contributed by atoms with Crippen LogP contribution in [0.4, 0.5) is 5.69 Å². The first-order valence-corrected chi connectivity index (χ1v) is 7.22. The highest BCUT2D eigenvalue weighted by molar-refractivity contribution is 5.48. The zero-order valence-corrected chi connectivity index (χ0v) is 12.3. The van der Waals surface area contributed by atoms with Crippen molar-refractivity contribution in [3.05, 3.63) is 65.2 Å². The van der Waals surface area contributed by atoms with Crippen molar-refractivity contribution in [2.24, 2.45) is 0 Å². The summed E-state index contributed by atoms with van der Waals surface area (Å²) in [6.07, 6.45) is 1.74. The number of aliphatic hydroxyl groups is 1. The lowest BCUT2D eigenvalue weighted by atomic mass is 10.0. The Balaban J connectivity index is 2.05. The van der Waals surface area contributed by atoms with Gasteiger partial charge in [0.15, 0.2) is 0 Å². The summed E-state index contributed by atoms with van der Waals surface area (Å²) in [4.78, 5) is 0. The van der Waals surface area contributed by atoms with E-state index in [0.29, 0.717) is 0 Å². The zero-order chi connectivity index (χ0) is 14.4. The average molecular weight is 269 g/mol. The molecule has 106 valence electrons. The first-order valence-electron chi connectivity index (χ1n) is 7.22. The fraction of sp³-hybridized carbons (Fsp3) is 0.333. The minimum absolute atomic E-state index is 0.247. The molecule has 0 saturated carbocycles. The molecular weight excluding hydrogens is 246 g/mol. The molecule has 20 heavy (non-hydrogen) atoms. The molecule has 2 aromatic rings. The van der Waals surface area contributed by atoms with Gasteiger partial charge < -0.3 is 10.4 Å². The normalized spacial score (nSPS) is 12.2. The van der Waals surface area contributed by atoms with Crippen LogP contribution >= 0.6 is 0 Å². The van der Waals surface area contributed by atoms with E-state index in [4.69, 9.17) is 5.11 Å². The van der Waals surface area contributed by atoms with Crippen molar-refractivity contribution in [3.8, 4) is 0 Å². The number of aryl methyl sites for hydroxylation is 2. The van der Waals surface area contributed by atoms with Crippen LogP contribution in [0, 0.1) is 6.92 Å². The fourth-order valence-electron chi connectivity index (χ4n) is 2.37. The maximum Gasteiger partial charge on any atom is 0.0485 e. The Morgan fingerprint density at radius 1 is 1.10 bits per heavy atom. The van der Waals surface area contributed by atoms with Gasteiger partial charge in [-0.1, -0.05) is 42.0 Å². The van der Waals surface area contributed by atoms with Crippen molar-refractivity contribution in [1.29, 1.82) is 0 Å². The number of rotatable bonds is 6. The first-order chi connectivity index (χ1) is 9.69. The van der Waals surface area contributed by atoms with E-state index in [1.54, 1.807) is 0 Å². The Morgan fingerprint density at radius 2 is 1.90 bits per heavy atom. The highest BCUT2D eigenvalue weighted by Gasteiger charge is 2.05. The lowest BCUT2D eigenvalue weighted by Crippen LogP contribution is -2.07. The van der Waals surface area contributed by atoms with E-state index >= 15 is 0 Å². The Kier molecular flexibility index (Phi) is 5.19. The van der Waals surface area contributed by atoms with Gasteiger partial charge in [0.25, 0.3) is 0 Å². The van der Waals surface area contributed by atoms with Gasteiger partial charge in [-0.3, -0.25) is 0 Å². The van der Waals surface area contributed by atoms with Crippen molar-refractivity contribution in [3.63, 3.8) is 0 Å². The molecule has 0 spiro atoms. The van der Waals surface area contributed by atoms with E-state index in [2.05, 4.69) is 67.7 Å². The second-order valence-electron chi connectivity index (χ2n) is 5.31. The van der Waals surface area contributed by atoms with Crippen LogP contribution in [0.2, 0.25) is 0 Å². The molecule has 0 aliphatic carbocycles. The number of anilines is 1. The molecule has 0 aliphatic heterocycles. The number of nitrogens with one attached hydrogen (secondary N) is 1. The molecule has 0 saturated heterocycles. The molecule has 2 rings (SSSR count). The predicted octanol–water partition coefficient (Wildman–Crippen LogP) is 4.09.